The number of nitrogens with two attached hydrogens (primary N) is 1. The Morgan fingerprint density at radius 1 is 0.778 bits per heavy atom. The molecule has 2 aromatic carbocycles. The summed E-state index contributed by atoms with van der Waals surface area (Å²) in [6.45, 7) is 19.5. The lowest BCUT2D eigenvalue weighted by Crippen LogP contribution is -2.69. The van der Waals surface area contributed by atoms with E-state index in [1.165, 1.54) is 21.8 Å². The van der Waals surface area contributed by atoms with E-state index < -0.39 is 46.3 Å². The summed E-state index contributed by atoms with van der Waals surface area (Å²) < 4.78 is 15.9. The largest absolute Gasteiger partial charge is 0.467 e. The van der Waals surface area contributed by atoms with Crippen molar-refractivity contribution in [2.45, 2.75) is 130 Å². The van der Waals surface area contributed by atoms with Gasteiger partial charge >= 0.3 is 18.2 Å². The number of benzene rings is 2. The van der Waals surface area contributed by atoms with Crippen molar-refractivity contribution >= 4 is 70.7 Å². The molecule has 2 aromatic rings. The number of rotatable bonds is 8. The molecule has 63 heavy (non-hydrogen) atoms. The molecule has 1 spiro atoms. The monoisotopic (exact) mass is 938 g/mol. The molecule has 5 amide bonds. The van der Waals surface area contributed by atoms with Gasteiger partial charge in [-0.25, -0.2) is 14.4 Å². The second-order valence-electron chi connectivity index (χ2n) is 18.5. The van der Waals surface area contributed by atoms with E-state index in [9.17, 15) is 28.8 Å². The number of esters is 1. The molecule has 3 aliphatic heterocycles. The van der Waals surface area contributed by atoms with Crippen LogP contribution in [0.1, 0.15) is 93.2 Å². The van der Waals surface area contributed by atoms with Crippen LogP contribution in [0, 0.1) is 0 Å². The Morgan fingerprint density at radius 2 is 1.24 bits per heavy atom. The summed E-state index contributed by atoms with van der Waals surface area (Å²) in [7, 11) is 1.26. The quantitative estimate of drug-likeness (QED) is 0.163. The number of carbonyl (C=O) groups excluding carboxylic acids is 6. The Labute approximate surface area is 387 Å². The van der Waals surface area contributed by atoms with Gasteiger partial charge in [0.2, 0.25) is 11.8 Å². The van der Waals surface area contributed by atoms with Crippen LogP contribution in [-0.2, 0) is 46.5 Å². The number of methoxy groups -OCH3 is 1. The normalized spacial score (nSPS) is 20.0. The molecule has 5 rings (SSSR count). The third kappa shape index (κ3) is 14.3. The van der Waals surface area contributed by atoms with E-state index in [2.05, 4.69) is 0 Å². The van der Waals surface area contributed by atoms with Crippen LogP contribution in [0.3, 0.4) is 0 Å². The smallest absolute Gasteiger partial charge is 0.410 e. The molecule has 0 bridgehead atoms. The van der Waals surface area contributed by atoms with Crippen molar-refractivity contribution in [3.05, 3.63) is 69.7 Å². The van der Waals surface area contributed by atoms with Gasteiger partial charge in [-0.1, -0.05) is 61.3 Å². The Morgan fingerprint density at radius 3 is 1.68 bits per heavy atom. The van der Waals surface area contributed by atoms with Gasteiger partial charge in [-0.15, -0.1) is 11.6 Å². The van der Waals surface area contributed by atoms with Crippen molar-refractivity contribution in [1.29, 1.82) is 0 Å². The Kier molecular flexibility index (Phi) is 18.6. The van der Waals surface area contributed by atoms with E-state index >= 15 is 0 Å². The number of nitrogens with zero attached hydrogens (tertiary/aromatic N) is 5. The lowest BCUT2D eigenvalue weighted by molar-refractivity contribution is -0.166. The molecule has 3 fully saturated rings. The fourth-order valence-corrected chi connectivity index (χ4v) is 7.71. The minimum Gasteiger partial charge on any atom is -0.467 e. The van der Waals surface area contributed by atoms with Crippen LogP contribution >= 0.6 is 34.8 Å². The summed E-state index contributed by atoms with van der Waals surface area (Å²) in [6, 6.07) is 14.4. The zero-order valence-corrected chi connectivity index (χ0v) is 40.7. The number of likely N-dealkylation sites (tertiary alicyclic amines) is 2. The summed E-state index contributed by atoms with van der Waals surface area (Å²) in [5.41, 5.74) is 3.02. The van der Waals surface area contributed by atoms with Crippen molar-refractivity contribution in [2.24, 2.45) is 5.73 Å². The molecule has 18 heteroatoms. The number of hydrogen-bond donors (Lipinski definition) is 1. The van der Waals surface area contributed by atoms with Crippen molar-refractivity contribution in [3.63, 3.8) is 0 Å². The zero-order chi connectivity index (χ0) is 47.7. The predicted octanol–water partition coefficient (Wildman–Crippen LogP) is 7.11. The number of alkyl halides is 1. The predicted molar refractivity (Wildman–Crippen MR) is 243 cm³/mol. The fourth-order valence-electron chi connectivity index (χ4n) is 7.31. The number of ether oxygens (including phenoxy) is 3. The lowest BCUT2D eigenvalue weighted by atomic mass is 9.89. The number of carbonyl (C=O) groups is 6. The molecule has 2 unspecified atom stereocenters. The van der Waals surface area contributed by atoms with Crippen LogP contribution in [0.5, 0.6) is 0 Å². The summed E-state index contributed by atoms with van der Waals surface area (Å²) in [4.78, 5) is 85.1. The summed E-state index contributed by atoms with van der Waals surface area (Å²) in [6.07, 6.45) is -0.413. The van der Waals surface area contributed by atoms with Gasteiger partial charge in [0.25, 0.3) is 5.91 Å². The average Bonchev–Trinajstić information content (AvgIpc) is 3.84. The minimum atomic E-state index is -1.35. The maximum Gasteiger partial charge on any atom is 0.410 e. The number of halogens is 3. The molecule has 0 aliphatic carbocycles. The molecular weight excluding hydrogens is 875 g/mol. The molecule has 0 aromatic heterocycles. The highest BCUT2D eigenvalue weighted by Crippen LogP contribution is 2.37. The highest BCUT2D eigenvalue weighted by molar-refractivity contribution is 6.30. The molecule has 2 atom stereocenters. The van der Waals surface area contributed by atoms with Gasteiger partial charge in [-0.2, -0.15) is 0 Å². The SMILES string of the molecule is CC(C)N.CC(C)N1CC(=O)N(Cc2ccc(Cl)cc2)C2(CCN(C(=O)OC(C)(C)C)C2)C1=O.COC(=O)C1(N(Cc2ccc(Cl)cc2)C(=O)CCl)CCN(C(=O)OC(C)(C)C)C1. The van der Waals surface area contributed by atoms with E-state index in [0.717, 1.165) is 11.1 Å². The fraction of sp³-hybridized carbons (Fsp3) is 0.600. The molecule has 350 valence electrons. The summed E-state index contributed by atoms with van der Waals surface area (Å²) in [5, 5.41) is 1.17. The van der Waals surface area contributed by atoms with Crippen LogP contribution in [0.4, 0.5) is 9.59 Å². The third-order valence-corrected chi connectivity index (χ3v) is 10.9. The Hall–Kier alpha value is -4.31. The summed E-state index contributed by atoms with van der Waals surface area (Å²) in [5.74, 6) is -1.57. The highest BCUT2D eigenvalue weighted by atomic mass is 35.5. The number of amides is 5. The van der Waals surface area contributed by atoms with E-state index in [0.29, 0.717) is 29.1 Å². The van der Waals surface area contributed by atoms with Gasteiger partial charge in [0, 0.05) is 48.7 Å². The first-order chi connectivity index (χ1) is 29.2. The first kappa shape index (κ1) is 53.0. The maximum atomic E-state index is 13.6. The Bertz CT molecular complexity index is 1920. The van der Waals surface area contributed by atoms with Crippen LogP contribution in [0.2, 0.25) is 10.0 Å². The first-order valence-corrected chi connectivity index (χ1v) is 22.2. The first-order valence-electron chi connectivity index (χ1n) is 20.9. The molecule has 0 radical (unpaired) electrons. The lowest BCUT2D eigenvalue weighted by Gasteiger charge is -2.48. The van der Waals surface area contributed by atoms with E-state index in [1.807, 2.05) is 39.8 Å². The van der Waals surface area contributed by atoms with Crippen molar-refractivity contribution in [1.82, 2.24) is 24.5 Å². The summed E-state index contributed by atoms with van der Waals surface area (Å²) >= 11 is 17.8. The van der Waals surface area contributed by atoms with Crippen LogP contribution < -0.4 is 5.73 Å². The zero-order valence-electron chi connectivity index (χ0n) is 38.5. The van der Waals surface area contributed by atoms with Gasteiger partial charge in [0.15, 0.2) is 5.54 Å². The van der Waals surface area contributed by atoms with Crippen molar-refractivity contribution in [3.8, 4) is 0 Å². The number of hydrogen-bond acceptors (Lipinski definition) is 10. The standard InChI is InChI=1S/C22H30ClN3O4.C20H26Cl2N2O5.C3H9N/c1-15(2)25-13-18(27)26(12-16-6-8-17(23)9-7-16)22(19(25)28)10-11-24(14-22)20(29)30-21(3,4)5;1-19(2,3)29-18(27)23-10-9-20(13-23,17(26)28-4)24(16(25)11-21)12-14-5-7-15(22)8-6-14;1-3(2)4/h6-9,15H,10-14H2,1-5H3;5-8H,9-13H2,1-4H3;3H,4H2,1-2H3. The van der Waals surface area contributed by atoms with Gasteiger partial charge in [-0.3, -0.25) is 14.4 Å². The van der Waals surface area contributed by atoms with Crippen LogP contribution in [-0.4, -0.2) is 140 Å². The molecule has 2 N–H and O–H groups in total. The van der Waals surface area contributed by atoms with E-state index in [4.69, 9.17) is 54.7 Å². The third-order valence-electron chi connectivity index (χ3n) is 10.2. The Balaban J connectivity index is 0.000000309. The second-order valence-corrected chi connectivity index (χ2v) is 19.6. The topological polar surface area (TPSA) is 172 Å². The molecule has 15 nitrogen and oxygen atoms in total. The van der Waals surface area contributed by atoms with Gasteiger partial charge < -0.3 is 44.4 Å². The molecule has 0 saturated carbocycles. The maximum absolute atomic E-state index is 13.6. The van der Waals surface area contributed by atoms with Crippen LogP contribution in [0.15, 0.2) is 48.5 Å². The van der Waals surface area contributed by atoms with E-state index in [1.54, 1.807) is 87.7 Å². The van der Waals surface area contributed by atoms with Gasteiger partial charge in [-0.05, 0) is 103 Å². The molecule has 3 heterocycles. The van der Waals surface area contributed by atoms with E-state index in [-0.39, 0.29) is 69.4 Å². The van der Waals surface area contributed by atoms with Crippen molar-refractivity contribution < 1.29 is 43.0 Å². The van der Waals surface area contributed by atoms with Gasteiger partial charge in [0.05, 0.1) is 20.2 Å². The average molecular weight is 940 g/mol. The van der Waals surface area contributed by atoms with Crippen LogP contribution in [0.25, 0.3) is 0 Å². The molecule has 3 saturated heterocycles. The highest BCUT2D eigenvalue weighted by Gasteiger charge is 2.57. The van der Waals surface area contributed by atoms with Crippen molar-refractivity contribution in [2.75, 3.05) is 45.7 Å². The molecular formula is C45H65Cl3N6O9. The molecule has 3 aliphatic rings. The minimum absolute atomic E-state index is 0.0369. The second kappa shape index (κ2) is 22.1. The van der Waals surface area contributed by atoms with Gasteiger partial charge in [0.1, 0.15) is 29.2 Å². The number of piperazine rings is 1.